The topological polar surface area (TPSA) is 78.9 Å². The van der Waals surface area contributed by atoms with Crippen molar-refractivity contribution >= 4 is 17.9 Å². The lowest BCUT2D eigenvalue weighted by Crippen LogP contribution is -2.30. The number of hydrogen-bond donors (Lipinski definition) is 0. The molecule has 0 saturated heterocycles. The maximum Gasteiger partial charge on any atom is 0.306 e. The number of ether oxygens (including phenoxy) is 3. The van der Waals surface area contributed by atoms with Gasteiger partial charge in [-0.1, -0.05) is 346 Å². The molecule has 0 aromatic heterocycles. The molecule has 0 heterocycles. The van der Waals surface area contributed by atoms with E-state index in [4.69, 9.17) is 14.2 Å². The molecule has 0 aliphatic carbocycles. The van der Waals surface area contributed by atoms with Gasteiger partial charge in [-0.2, -0.15) is 0 Å². The summed E-state index contributed by atoms with van der Waals surface area (Å²) < 4.78 is 17.0. The molecule has 0 aromatic rings. The van der Waals surface area contributed by atoms with E-state index in [0.29, 0.717) is 19.3 Å². The van der Waals surface area contributed by atoms with Gasteiger partial charge in [0.15, 0.2) is 6.10 Å². The Morgan fingerprint density at radius 2 is 0.444 bits per heavy atom. The van der Waals surface area contributed by atoms with Gasteiger partial charge >= 0.3 is 17.9 Å². The van der Waals surface area contributed by atoms with E-state index in [1.165, 1.54) is 295 Å². The van der Waals surface area contributed by atoms with Gasteiger partial charge in [0.05, 0.1) is 0 Å². The highest BCUT2D eigenvalue weighted by molar-refractivity contribution is 5.71. The highest BCUT2D eigenvalue weighted by Crippen LogP contribution is 2.19. The van der Waals surface area contributed by atoms with Crippen molar-refractivity contribution in [1.82, 2.24) is 0 Å². The minimum absolute atomic E-state index is 0.0692. The monoisotopic (exact) mass is 1140 g/mol. The van der Waals surface area contributed by atoms with Crippen molar-refractivity contribution in [3.8, 4) is 0 Å². The summed E-state index contributed by atoms with van der Waals surface area (Å²) >= 11 is 0. The highest BCUT2D eigenvalue weighted by atomic mass is 16.6. The number of carbonyl (C=O) groups is 3. The van der Waals surface area contributed by atoms with Gasteiger partial charge in [0.2, 0.25) is 0 Å². The number of allylic oxidation sites excluding steroid dienone is 6. The van der Waals surface area contributed by atoms with Gasteiger partial charge in [-0.25, -0.2) is 0 Å². The zero-order chi connectivity index (χ0) is 58.5. The quantitative estimate of drug-likeness (QED) is 0.0261. The van der Waals surface area contributed by atoms with Gasteiger partial charge in [-0.05, 0) is 77.0 Å². The average Bonchev–Trinajstić information content (AvgIpc) is 3.47. The molecule has 0 spiro atoms. The summed E-state index contributed by atoms with van der Waals surface area (Å²) in [5.74, 6) is -0.846. The summed E-state index contributed by atoms with van der Waals surface area (Å²) in [7, 11) is 0. The summed E-state index contributed by atoms with van der Waals surface area (Å²) in [6, 6.07) is 0. The zero-order valence-electron chi connectivity index (χ0n) is 54.8. The number of unbranched alkanes of at least 4 members (excludes halogenated alkanes) is 51. The van der Waals surface area contributed by atoms with Crippen LogP contribution in [0.15, 0.2) is 36.5 Å². The van der Waals surface area contributed by atoms with Crippen LogP contribution in [0.2, 0.25) is 0 Å². The Hall–Kier alpha value is -2.37. The molecule has 6 heteroatoms. The van der Waals surface area contributed by atoms with E-state index in [9.17, 15) is 14.4 Å². The molecule has 0 rings (SSSR count). The molecule has 0 N–H and O–H groups in total. The van der Waals surface area contributed by atoms with Gasteiger partial charge in [0.25, 0.3) is 0 Å². The summed E-state index contributed by atoms with van der Waals surface area (Å²) in [5, 5.41) is 0. The van der Waals surface area contributed by atoms with Gasteiger partial charge < -0.3 is 14.2 Å². The Morgan fingerprint density at radius 1 is 0.247 bits per heavy atom. The third-order valence-electron chi connectivity index (χ3n) is 16.6. The van der Waals surface area contributed by atoms with Crippen LogP contribution in [0.3, 0.4) is 0 Å². The lowest BCUT2D eigenvalue weighted by Gasteiger charge is -2.18. The molecule has 0 bridgehead atoms. The minimum atomic E-state index is -0.774. The summed E-state index contributed by atoms with van der Waals surface area (Å²) in [4.78, 5) is 38.5. The predicted octanol–water partition coefficient (Wildman–Crippen LogP) is 25.1. The van der Waals surface area contributed by atoms with Crippen LogP contribution >= 0.6 is 0 Å². The van der Waals surface area contributed by atoms with Gasteiger partial charge in [-0.15, -0.1) is 0 Å². The highest BCUT2D eigenvalue weighted by Gasteiger charge is 2.19. The lowest BCUT2D eigenvalue weighted by atomic mass is 10.0. The molecule has 1 atom stereocenters. The largest absolute Gasteiger partial charge is 0.462 e. The molecule has 81 heavy (non-hydrogen) atoms. The zero-order valence-corrected chi connectivity index (χ0v) is 54.8. The Labute approximate surface area is 506 Å². The Morgan fingerprint density at radius 3 is 0.691 bits per heavy atom. The number of esters is 3. The van der Waals surface area contributed by atoms with E-state index < -0.39 is 6.10 Å². The molecule has 0 radical (unpaired) electrons. The van der Waals surface area contributed by atoms with Gasteiger partial charge in [0.1, 0.15) is 13.2 Å². The molecule has 6 nitrogen and oxygen atoms in total. The fourth-order valence-corrected chi connectivity index (χ4v) is 11.1. The van der Waals surface area contributed by atoms with Crippen LogP contribution in [0.5, 0.6) is 0 Å². The predicted molar refractivity (Wildman–Crippen MR) is 353 cm³/mol. The molecule has 0 fully saturated rings. The molecule has 476 valence electrons. The number of rotatable bonds is 68. The van der Waals surface area contributed by atoms with E-state index in [1.807, 2.05) is 0 Å². The Balaban J connectivity index is 4.26. The van der Waals surface area contributed by atoms with Gasteiger partial charge in [0, 0.05) is 19.3 Å². The van der Waals surface area contributed by atoms with Crippen molar-refractivity contribution < 1.29 is 28.6 Å². The summed E-state index contributed by atoms with van der Waals surface area (Å²) in [6.45, 7) is 6.70. The second-order valence-electron chi connectivity index (χ2n) is 24.9. The summed E-state index contributed by atoms with van der Waals surface area (Å²) in [5.41, 5.74) is 0. The molecule has 0 saturated carbocycles. The maximum absolute atomic E-state index is 13.0. The van der Waals surface area contributed by atoms with Crippen LogP contribution in [0, 0.1) is 0 Å². The van der Waals surface area contributed by atoms with E-state index in [0.717, 1.165) is 70.6 Å². The molecule has 0 amide bonds. The van der Waals surface area contributed by atoms with Crippen molar-refractivity contribution in [1.29, 1.82) is 0 Å². The first-order valence-corrected chi connectivity index (χ1v) is 36.5. The first kappa shape index (κ1) is 78.6. The Kier molecular flexibility index (Phi) is 68.1. The normalized spacial score (nSPS) is 12.2. The minimum Gasteiger partial charge on any atom is -0.462 e. The van der Waals surface area contributed by atoms with Gasteiger partial charge in [-0.3, -0.25) is 14.4 Å². The van der Waals surface area contributed by atoms with E-state index >= 15 is 0 Å². The van der Waals surface area contributed by atoms with Crippen LogP contribution in [0.4, 0.5) is 0 Å². The standard InChI is InChI=1S/C75H140O6/c1-4-7-10-13-16-19-22-25-28-31-33-35-36-37-38-39-40-41-43-44-47-50-53-56-59-62-65-68-74(77)80-71-72(70-79-73(76)67-64-61-58-55-52-49-46-30-27-24-21-18-15-12-9-6-3)81-75(78)69-66-63-60-57-54-51-48-45-42-34-32-29-26-23-20-17-14-11-8-5-2/h22,25,30-31,33,46,72H,4-21,23-24,26-29,32,34-45,47-71H2,1-3H3/b25-22-,33-31-,46-30-. The fourth-order valence-electron chi connectivity index (χ4n) is 11.1. The fraction of sp³-hybridized carbons (Fsp3) is 0.880. The first-order chi connectivity index (χ1) is 40.0. The summed E-state index contributed by atoms with van der Waals surface area (Å²) in [6.07, 6.45) is 87.5. The second-order valence-corrected chi connectivity index (χ2v) is 24.9. The molecule has 0 aliphatic heterocycles. The van der Waals surface area contributed by atoms with Crippen LogP contribution in [0.25, 0.3) is 0 Å². The molecule has 0 aliphatic rings. The number of carbonyl (C=O) groups excluding carboxylic acids is 3. The molecular formula is C75H140O6. The van der Waals surface area contributed by atoms with Crippen molar-refractivity contribution in [2.45, 2.75) is 412 Å². The van der Waals surface area contributed by atoms with E-state index in [2.05, 4.69) is 57.2 Å². The van der Waals surface area contributed by atoms with Crippen molar-refractivity contribution in [2.24, 2.45) is 0 Å². The average molecular weight is 1140 g/mol. The van der Waals surface area contributed by atoms with Crippen molar-refractivity contribution in [2.75, 3.05) is 13.2 Å². The Bertz CT molecular complexity index is 1350. The third-order valence-corrected chi connectivity index (χ3v) is 16.6. The molecule has 0 aromatic carbocycles. The number of hydrogen-bond acceptors (Lipinski definition) is 6. The SMILES string of the molecule is CCCCCCC/C=C\C/C=C\CCCCCCCCCCCCCCCCCC(=O)OCC(COC(=O)CCCCCCC/C=C\CCCCCCCCC)OC(=O)CCCCCCCCCCCCCCCCCCCCCC. The van der Waals surface area contributed by atoms with Crippen LogP contribution in [-0.4, -0.2) is 37.2 Å². The van der Waals surface area contributed by atoms with Crippen LogP contribution in [-0.2, 0) is 28.6 Å². The van der Waals surface area contributed by atoms with Crippen LogP contribution in [0.1, 0.15) is 406 Å². The first-order valence-electron chi connectivity index (χ1n) is 36.5. The van der Waals surface area contributed by atoms with Crippen molar-refractivity contribution in [3.05, 3.63) is 36.5 Å². The van der Waals surface area contributed by atoms with Crippen LogP contribution < -0.4 is 0 Å². The molecular weight excluding hydrogens is 997 g/mol. The maximum atomic E-state index is 13.0. The smallest absolute Gasteiger partial charge is 0.306 e. The van der Waals surface area contributed by atoms with E-state index in [-0.39, 0.29) is 31.1 Å². The van der Waals surface area contributed by atoms with E-state index in [1.54, 1.807) is 0 Å². The lowest BCUT2D eigenvalue weighted by molar-refractivity contribution is -0.167. The van der Waals surface area contributed by atoms with Crippen molar-refractivity contribution in [3.63, 3.8) is 0 Å². The third kappa shape index (κ3) is 68.3. The molecule has 1 unspecified atom stereocenters. The second kappa shape index (κ2) is 70.1.